The summed E-state index contributed by atoms with van der Waals surface area (Å²) in [6.45, 7) is 9.65. The monoisotopic (exact) mass is 505 g/mol. The van der Waals surface area contributed by atoms with Crippen molar-refractivity contribution in [1.82, 2.24) is 20.0 Å². The number of rotatable bonds is 5. The lowest BCUT2D eigenvalue weighted by atomic mass is 9.83. The topological polar surface area (TPSA) is 51.2 Å². The number of halogens is 1. The predicted octanol–water partition coefficient (Wildman–Crippen LogP) is 2.78. The lowest BCUT2D eigenvalue weighted by Gasteiger charge is -2.38. The highest BCUT2D eigenvalue weighted by atomic mass is 127. The van der Waals surface area contributed by atoms with Crippen molar-refractivity contribution in [2.45, 2.75) is 58.3 Å². The van der Waals surface area contributed by atoms with Crippen molar-refractivity contribution in [3.05, 3.63) is 0 Å². The molecule has 162 valence electrons. The number of carbonyl (C=O) groups is 1. The average molecular weight is 505 g/mol. The van der Waals surface area contributed by atoms with E-state index in [9.17, 15) is 4.79 Å². The van der Waals surface area contributed by atoms with Gasteiger partial charge in [0.1, 0.15) is 0 Å². The van der Waals surface area contributed by atoms with Gasteiger partial charge < -0.3 is 15.1 Å². The van der Waals surface area contributed by atoms with E-state index in [0.29, 0.717) is 17.9 Å². The molecule has 0 unspecified atom stereocenters. The SMILES string of the molecule is CCC1(CNC(=NC)N2CCN(CC(=O)N3CCCCC3)CC2)CCCC1.I. The van der Waals surface area contributed by atoms with Crippen LogP contribution in [0.1, 0.15) is 58.3 Å². The Hall–Kier alpha value is -0.570. The van der Waals surface area contributed by atoms with Crippen LogP contribution in [0.25, 0.3) is 0 Å². The number of piperidine rings is 1. The van der Waals surface area contributed by atoms with E-state index in [1.807, 2.05) is 7.05 Å². The van der Waals surface area contributed by atoms with Gasteiger partial charge >= 0.3 is 0 Å². The van der Waals surface area contributed by atoms with Crippen molar-refractivity contribution in [3.63, 3.8) is 0 Å². The van der Waals surface area contributed by atoms with E-state index in [1.165, 1.54) is 51.4 Å². The highest BCUT2D eigenvalue weighted by Crippen LogP contribution is 2.40. The third kappa shape index (κ3) is 6.21. The predicted molar refractivity (Wildman–Crippen MR) is 126 cm³/mol. The Morgan fingerprint density at radius 1 is 0.929 bits per heavy atom. The molecular formula is C21H40IN5O. The molecule has 28 heavy (non-hydrogen) atoms. The van der Waals surface area contributed by atoms with E-state index in [2.05, 4.69) is 31.9 Å². The zero-order chi connectivity index (χ0) is 19.1. The number of aliphatic imine (C=N–C) groups is 1. The van der Waals surface area contributed by atoms with Gasteiger partial charge in [0.25, 0.3) is 0 Å². The quantitative estimate of drug-likeness (QED) is 0.355. The summed E-state index contributed by atoms with van der Waals surface area (Å²) in [6, 6.07) is 0. The number of piperazine rings is 1. The van der Waals surface area contributed by atoms with Crippen molar-refractivity contribution in [2.75, 3.05) is 59.4 Å². The first-order chi connectivity index (χ1) is 13.2. The average Bonchev–Trinajstić information content (AvgIpc) is 3.20. The van der Waals surface area contributed by atoms with Gasteiger partial charge in [-0.15, -0.1) is 24.0 Å². The second-order valence-corrected chi connectivity index (χ2v) is 8.67. The molecule has 0 bridgehead atoms. The van der Waals surface area contributed by atoms with E-state index in [0.717, 1.165) is 51.8 Å². The minimum absolute atomic E-state index is 0. The lowest BCUT2D eigenvalue weighted by Crippen LogP contribution is -2.55. The van der Waals surface area contributed by atoms with Crippen LogP contribution in [0.4, 0.5) is 0 Å². The fraction of sp³-hybridized carbons (Fsp3) is 0.905. The van der Waals surface area contributed by atoms with E-state index < -0.39 is 0 Å². The number of hydrogen-bond donors (Lipinski definition) is 1. The third-order valence-electron chi connectivity index (χ3n) is 6.99. The third-order valence-corrected chi connectivity index (χ3v) is 6.99. The molecule has 6 nitrogen and oxygen atoms in total. The molecule has 0 aromatic rings. The fourth-order valence-corrected chi connectivity index (χ4v) is 4.93. The Morgan fingerprint density at radius 3 is 2.14 bits per heavy atom. The molecule has 2 saturated heterocycles. The molecule has 7 heteroatoms. The number of guanidine groups is 1. The smallest absolute Gasteiger partial charge is 0.236 e. The van der Waals surface area contributed by atoms with Crippen LogP contribution in [-0.2, 0) is 4.79 Å². The minimum Gasteiger partial charge on any atom is -0.356 e. The van der Waals surface area contributed by atoms with Crippen molar-refractivity contribution in [1.29, 1.82) is 0 Å². The molecule has 3 fully saturated rings. The van der Waals surface area contributed by atoms with Gasteiger partial charge in [-0.3, -0.25) is 14.7 Å². The molecule has 1 N–H and O–H groups in total. The summed E-state index contributed by atoms with van der Waals surface area (Å²) in [5.74, 6) is 1.36. The van der Waals surface area contributed by atoms with Crippen LogP contribution < -0.4 is 5.32 Å². The van der Waals surface area contributed by atoms with Crippen molar-refractivity contribution in [3.8, 4) is 0 Å². The van der Waals surface area contributed by atoms with E-state index in [4.69, 9.17) is 0 Å². The summed E-state index contributed by atoms with van der Waals surface area (Å²) in [5.41, 5.74) is 0.471. The van der Waals surface area contributed by atoms with Gasteiger partial charge in [0.05, 0.1) is 6.54 Å². The second kappa shape index (κ2) is 11.6. The zero-order valence-corrected chi connectivity index (χ0v) is 20.2. The van der Waals surface area contributed by atoms with E-state index in [-0.39, 0.29) is 24.0 Å². The van der Waals surface area contributed by atoms with Gasteiger partial charge in [0.15, 0.2) is 5.96 Å². The highest BCUT2D eigenvalue weighted by Gasteiger charge is 2.32. The number of likely N-dealkylation sites (tertiary alicyclic amines) is 1. The molecule has 1 amide bonds. The van der Waals surface area contributed by atoms with Gasteiger partial charge in [-0.25, -0.2) is 0 Å². The molecule has 0 aromatic heterocycles. The molecule has 3 aliphatic rings. The number of hydrogen-bond acceptors (Lipinski definition) is 3. The molecule has 3 rings (SSSR count). The Labute approximate surface area is 188 Å². The highest BCUT2D eigenvalue weighted by molar-refractivity contribution is 14.0. The maximum atomic E-state index is 12.5. The van der Waals surface area contributed by atoms with Crippen molar-refractivity contribution in [2.24, 2.45) is 10.4 Å². The van der Waals surface area contributed by atoms with Crippen LogP contribution in [0.2, 0.25) is 0 Å². The largest absolute Gasteiger partial charge is 0.356 e. The Bertz CT molecular complexity index is 507. The number of nitrogens with zero attached hydrogens (tertiary/aromatic N) is 4. The molecule has 0 spiro atoms. The van der Waals surface area contributed by atoms with Crippen LogP contribution in [0.3, 0.4) is 0 Å². The van der Waals surface area contributed by atoms with Crippen molar-refractivity contribution >= 4 is 35.8 Å². The molecule has 2 aliphatic heterocycles. The second-order valence-electron chi connectivity index (χ2n) is 8.67. The minimum atomic E-state index is 0. The standard InChI is InChI=1S/C21H39N5O.HI/c1-3-21(9-5-6-10-21)18-23-20(22-2)26-15-13-24(14-16-26)17-19(27)25-11-7-4-8-12-25;/h3-18H2,1-2H3,(H,22,23);1H. The normalized spacial score (nSPS) is 23.4. The van der Waals surface area contributed by atoms with Gasteiger partial charge in [-0.05, 0) is 43.9 Å². The summed E-state index contributed by atoms with van der Waals surface area (Å²) in [4.78, 5) is 23.8. The molecule has 0 aromatic carbocycles. The number of carbonyl (C=O) groups excluding carboxylic acids is 1. The maximum Gasteiger partial charge on any atom is 0.236 e. The Kier molecular flexibility index (Phi) is 9.80. The first-order valence-electron chi connectivity index (χ1n) is 11.1. The maximum absolute atomic E-state index is 12.5. The summed E-state index contributed by atoms with van der Waals surface area (Å²) in [6.07, 6.45) is 10.3. The van der Waals surface area contributed by atoms with Crippen LogP contribution in [0, 0.1) is 5.41 Å². The Morgan fingerprint density at radius 2 is 1.57 bits per heavy atom. The molecule has 0 radical (unpaired) electrons. The van der Waals surface area contributed by atoms with E-state index >= 15 is 0 Å². The molecule has 2 heterocycles. The summed E-state index contributed by atoms with van der Waals surface area (Å²) in [7, 11) is 1.89. The van der Waals surface area contributed by atoms with Gasteiger partial charge in [0.2, 0.25) is 5.91 Å². The fourth-order valence-electron chi connectivity index (χ4n) is 4.93. The first-order valence-corrected chi connectivity index (χ1v) is 11.1. The molecule has 0 atom stereocenters. The van der Waals surface area contributed by atoms with Crippen LogP contribution >= 0.6 is 24.0 Å². The number of nitrogens with one attached hydrogen (secondary N) is 1. The molecule has 1 saturated carbocycles. The van der Waals surface area contributed by atoms with Crippen molar-refractivity contribution < 1.29 is 4.79 Å². The van der Waals surface area contributed by atoms with Crippen LogP contribution in [0.5, 0.6) is 0 Å². The summed E-state index contributed by atoms with van der Waals surface area (Å²) < 4.78 is 0. The number of amides is 1. The van der Waals surface area contributed by atoms with Crippen LogP contribution in [-0.4, -0.2) is 86.0 Å². The molecular weight excluding hydrogens is 465 g/mol. The van der Waals surface area contributed by atoms with Crippen LogP contribution in [0.15, 0.2) is 4.99 Å². The van der Waals surface area contributed by atoms with Gasteiger partial charge in [-0.1, -0.05) is 19.8 Å². The van der Waals surface area contributed by atoms with Gasteiger partial charge in [0, 0.05) is 52.9 Å². The molecule has 1 aliphatic carbocycles. The lowest BCUT2D eigenvalue weighted by molar-refractivity contribution is -0.133. The zero-order valence-electron chi connectivity index (χ0n) is 17.9. The summed E-state index contributed by atoms with van der Waals surface area (Å²) >= 11 is 0. The Balaban J connectivity index is 0.00000280. The summed E-state index contributed by atoms with van der Waals surface area (Å²) in [5, 5.41) is 3.66. The van der Waals surface area contributed by atoms with E-state index in [1.54, 1.807) is 0 Å². The van der Waals surface area contributed by atoms with Gasteiger partial charge in [-0.2, -0.15) is 0 Å². The first kappa shape index (κ1) is 23.7.